The summed E-state index contributed by atoms with van der Waals surface area (Å²) in [6, 6.07) is 12.3. The molecule has 0 spiro atoms. The Morgan fingerprint density at radius 3 is 2.51 bits per heavy atom. The van der Waals surface area contributed by atoms with E-state index in [4.69, 9.17) is 9.47 Å². The van der Waals surface area contributed by atoms with Gasteiger partial charge in [-0.1, -0.05) is 18.2 Å². The number of ether oxygens (including phenoxy) is 2. The van der Waals surface area contributed by atoms with E-state index < -0.39 is 16.6 Å². The van der Waals surface area contributed by atoms with Crippen molar-refractivity contribution in [1.82, 2.24) is 19.4 Å². The number of methoxy groups -OCH3 is 1. The first-order chi connectivity index (χ1) is 19.4. The van der Waals surface area contributed by atoms with Gasteiger partial charge in [0, 0.05) is 55.6 Å². The third-order valence-electron chi connectivity index (χ3n) is 6.27. The maximum absolute atomic E-state index is 13.0. The zero-order chi connectivity index (χ0) is 29.9. The Morgan fingerprint density at radius 2 is 1.85 bits per heavy atom. The second-order valence-corrected chi connectivity index (χ2v) is 10.8. The van der Waals surface area contributed by atoms with Gasteiger partial charge in [0.2, 0.25) is 5.95 Å². The van der Waals surface area contributed by atoms with Gasteiger partial charge in [-0.05, 0) is 47.0 Å². The van der Waals surface area contributed by atoms with Crippen LogP contribution in [-0.2, 0) is 4.74 Å². The largest absolute Gasteiger partial charge is 0.494 e. The molecular weight excluding hydrogens is 526 g/mol. The number of nitro benzene ring substituents is 1. The zero-order valence-corrected chi connectivity index (χ0v) is 24.3. The molecule has 41 heavy (non-hydrogen) atoms. The third kappa shape index (κ3) is 6.72. The minimum Gasteiger partial charge on any atom is -0.494 e. The van der Waals surface area contributed by atoms with E-state index in [0.717, 1.165) is 11.9 Å². The first-order valence-corrected chi connectivity index (χ1v) is 13.0. The van der Waals surface area contributed by atoms with Crippen LogP contribution in [0.1, 0.15) is 20.8 Å². The fourth-order valence-corrected chi connectivity index (χ4v) is 4.28. The highest BCUT2D eigenvalue weighted by Gasteiger charge is 2.24. The molecule has 1 N–H and O–H groups in total. The van der Waals surface area contributed by atoms with Crippen molar-refractivity contribution in [3.63, 3.8) is 0 Å². The SMILES string of the molecule is COc1cc(N(C)CCN(C)C)c([N+](=O)[O-])cc1Nc1nccc(-c2cn(C(=O)OC(C)(C)C)c3ccccc23)n1. The molecule has 2 aromatic carbocycles. The number of nitrogens with zero attached hydrogens (tertiary/aromatic N) is 6. The fourth-order valence-electron chi connectivity index (χ4n) is 4.28. The van der Waals surface area contributed by atoms with Crippen LogP contribution in [0.5, 0.6) is 5.75 Å². The molecule has 0 saturated heterocycles. The Kier molecular flexibility index (Phi) is 8.43. The Labute approximate surface area is 238 Å². The molecular formula is C29H35N7O5. The highest BCUT2D eigenvalue weighted by atomic mass is 16.6. The van der Waals surface area contributed by atoms with Crippen molar-refractivity contribution in [1.29, 1.82) is 0 Å². The van der Waals surface area contributed by atoms with E-state index in [-0.39, 0.29) is 11.6 Å². The highest BCUT2D eigenvalue weighted by molar-refractivity contribution is 6.00. The van der Waals surface area contributed by atoms with Gasteiger partial charge in [-0.2, -0.15) is 0 Å². The van der Waals surface area contributed by atoms with Crippen LogP contribution in [0, 0.1) is 10.1 Å². The zero-order valence-electron chi connectivity index (χ0n) is 24.3. The second kappa shape index (κ2) is 11.8. The van der Waals surface area contributed by atoms with E-state index in [2.05, 4.69) is 15.3 Å². The van der Waals surface area contributed by atoms with Crippen LogP contribution in [-0.4, -0.2) is 77.4 Å². The van der Waals surface area contributed by atoms with Gasteiger partial charge >= 0.3 is 6.09 Å². The molecule has 0 amide bonds. The predicted molar refractivity (Wildman–Crippen MR) is 159 cm³/mol. The Balaban J connectivity index is 1.71. The van der Waals surface area contributed by atoms with Crippen LogP contribution in [0.15, 0.2) is 54.9 Å². The number of hydrogen-bond donors (Lipinski definition) is 1. The second-order valence-electron chi connectivity index (χ2n) is 10.8. The van der Waals surface area contributed by atoms with Gasteiger partial charge in [0.15, 0.2) is 0 Å². The molecule has 0 bridgehead atoms. The maximum atomic E-state index is 13.0. The molecule has 0 aliphatic rings. The summed E-state index contributed by atoms with van der Waals surface area (Å²) in [7, 11) is 7.19. The first kappa shape index (κ1) is 29.3. The van der Waals surface area contributed by atoms with Crippen molar-refractivity contribution in [2.75, 3.05) is 51.6 Å². The number of para-hydroxylation sites is 1. The number of anilines is 3. The minimum absolute atomic E-state index is 0.0776. The van der Waals surface area contributed by atoms with Crippen molar-refractivity contribution in [2.24, 2.45) is 0 Å². The Hall–Kier alpha value is -4.71. The smallest absolute Gasteiger partial charge is 0.419 e. The molecule has 216 valence electrons. The van der Waals surface area contributed by atoms with Crippen molar-refractivity contribution in [3.05, 3.63) is 65.0 Å². The van der Waals surface area contributed by atoms with Crippen LogP contribution in [0.2, 0.25) is 0 Å². The van der Waals surface area contributed by atoms with Crippen LogP contribution < -0.4 is 15.0 Å². The third-order valence-corrected chi connectivity index (χ3v) is 6.27. The number of hydrogen-bond acceptors (Lipinski definition) is 10. The lowest BCUT2D eigenvalue weighted by Crippen LogP contribution is -2.28. The molecule has 0 fully saturated rings. The normalized spacial score (nSPS) is 11.5. The van der Waals surface area contributed by atoms with Crippen molar-refractivity contribution in [2.45, 2.75) is 26.4 Å². The van der Waals surface area contributed by atoms with Gasteiger partial charge < -0.3 is 24.6 Å². The molecule has 0 aliphatic heterocycles. The van der Waals surface area contributed by atoms with Gasteiger partial charge in [0.05, 0.1) is 28.9 Å². The van der Waals surface area contributed by atoms with Crippen LogP contribution >= 0.6 is 0 Å². The van der Waals surface area contributed by atoms with Crippen LogP contribution in [0.3, 0.4) is 0 Å². The molecule has 2 aromatic heterocycles. The lowest BCUT2D eigenvalue weighted by molar-refractivity contribution is -0.384. The number of aromatic nitrogens is 3. The molecule has 4 aromatic rings. The summed E-state index contributed by atoms with van der Waals surface area (Å²) in [4.78, 5) is 37.4. The summed E-state index contributed by atoms with van der Waals surface area (Å²) >= 11 is 0. The van der Waals surface area contributed by atoms with Gasteiger partial charge in [-0.15, -0.1) is 0 Å². The monoisotopic (exact) mass is 561 g/mol. The van der Waals surface area contributed by atoms with Gasteiger partial charge in [-0.3, -0.25) is 14.7 Å². The van der Waals surface area contributed by atoms with E-state index in [1.807, 2.05) is 68.9 Å². The maximum Gasteiger partial charge on any atom is 0.419 e. The quantitative estimate of drug-likeness (QED) is 0.205. The summed E-state index contributed by atoms with van der Waals surface area (Å²) in [5, 5.41) is 15.9. The summed E-state index contributed by atoms with van der Waals surface area (Å²) in [6.07, 6.45) is 2.77. The van der Waals surface area contributed by atoms with Crippen molar-refractivity contribution < 1.29 is 19.2 Å². The summed E-state index contributed by atoms with van der Waals surface area (Å²) in [5.74, 6) is 0.607. The molecule has 0 unspecified atom stereocenters. The molecule has 0 aliphatic carbocycles. The van der Waals surface area contributed by atoms with E-state index in [9.17, 15) is 14.9 Å². The standard InChI is InChI=1S/C29H35N7O5/c1-29(2,3)41-28(37)35-18-20(19-10-8-9-11-23(19)35)21-12-13-30-27(31-21)32-22-16-25(36(38)39)24(17-26(22)40-7)34(6)15-14-33(4)5/h8-13,16-18H,14-15H2,1-7H3,(H,30,31,32). The Morgan fingerprint density at radius 1 is 1.12 bits per heavy atom. The van der Waals surface area contributed by atoms with E-state index in [0.29, 0.717) is 40.4 Å². The highest BCUT2D eigenvalue weighted by Crippen LogP contribution is 2.39. The Bertz CT molecular complexity index is 1580. The lowest BCUT2D eigenvalue weighted by atomic mass is 10.1. The number of carbonyl (C=O) groups excluding carboxylic acids is 1. The van der Waals surface area contributed by atoms with E-state index >= 15 is 0 Å². The van der Waals surface area contributed by atoms with Gasteiger partial charge in [0.1, 0.15) is 17.0 Å². The molecule has 0 atom stereocenters. The fraction of sp³-hybridized carbons (Fsp3) is 0.345. The van der Waals surface area contributed by atoms with Gasteiger partial charge in [-0.25, -0.2) is 14.8 Å². The minimum atomic E-state index is -0.660. The average Bonchev–Trinajstić information content (AvgIpc) is 3.30. The van der Waals surface area contributed by atoms with Crippen LogP contribution in [0.4, 0.5) is 27.8 Å². The number of benzene rings is 2. The summed E-state index contributed by atoms with van der Waals surface area (Å²) in [5.41, 5.74) is 1.97. The molecule has 0 saturated carbocycles. The molecule has 12 heteroatoms. The van der Waals surface area contributed by atoms with E-state index in [1.54, 1.807) is 31.6 Å². The summed E-state index contributed by atoms with van der Waals surface area (Å²) < 4.78 is 12.6. The molecule has 12 nitrogen and oxygen atoms in total. The first-order valence-electron chi connectivity index (χ1n) is 13.0. The average molecular weight is 562 g/mol. The van der Waals surface area contributed by atoms with Crippen molar-refractivity contribution in [3.8, 4) is 17.0 Å². The van der Waals surface area contributed by atoms with Gasteiger partial charge in [0.25, 0.3) is 5.69 Å². The van der Waals surface area contributed by atoms with Crippen molar-refractivity contribution >= 4 is 40.0 Å². The lowest BCUT2D eigenvalue weighted by Gasteiger charge is -2.22. The topological polar surface area (TPSA) is 128 Å². The number of carbonyl (C=O) groups is 1. The number of nitro groups is 1. The molecule has 0 radical (unpaired) electrons. The molecule has 2 heterocycles. The molecule has 4 rings (SSSR count). The number of fused-ring (bicyclic) bond motifs is 1. The number of nitrogens with one attached hydrogen (secondary N) is 1. The van der Waals surface area contributed by atoms with E-state index in [1.165, 1.54) is 17.7 Å². The predicted octanol–water partition coefficient (Wildman–Crippen LogP) is 5.54. The number of likely N-dealkylation sites (N-methyl/N-ethyl adjacent to an activating group) is 2. The summed E-state index contributed by atoms with van der Waals surface area (Å²) in [6.45, 7) is 6.75. The van der Waals surface area contributed by atoms with Crippen LogP contribution in [0.25, 0.3) is 22.2 Å². The number of rotatable bonds is 9.